The second kappa shape index (κ2) is 4.82. The van der Waals surface area contributed by atoms with Crippen LogP contribution in [0, 0.1) is 0 Å². The van der Waals surface area contributed by atoms with Gasteiger partial charge in [-0.25, -0.2) is 15.0 Å². The summed E-state index contributed by atoms with van der Waals surface area (Å²) in [6.45, 7) is 0. The monoisotopic (exact) mass is 271 g/mol. The third-order valence-electron chi connectivity index (χ3n) is 2.87. The number of pyridine rings is 1. The van der Waals surface area contributed by atoms with E-state index >= 15 is 0 Å². The molecule has 0 atom stereocenters. The molecule has 2 aromatic heterocycles. The van der Waals surface area contributed by atoms with Crippen LogP contribution in [0.2, 0.25) is 5.15 Å². The minimum Gasteiger partial charge on any atom is -0.481 e. The molecule has 0 aliphatic heterocycles. The Hall–Kier alpha value is -2.20. The van der Waals surface area contributed by atoms with Gasteiger partial charge in [0.1, 0.15) is 11.5 Å². The summed E-state index contributed by atoms with van der Waals surface area (Å²) in [5, 5.41) is 1.28. The number of nitrogens with zero attached hydrogens (tertiary/aromatic N) is 3. The highest BCUT2D eigenvalue weighted by molar-refractivity contribution is 6.34. The predicted octanol–water partition coefficient (Wildman–Crippen LogP) is 3.35. The summed E-state index contributed by atoms with van der Waals surface area (Å²) in [6, 6.07) is 9.63. The summed E-state index contributed by atoms with van der Waals surface area (Å²) in [7, 11) is 1.59. The van der Waals surface area contributed by atoms with Crippen LogP contribution in [0.1, 0.15) is 0 Å². The number of methoxy groups -OCH3 is 1. The van der Waals surface area contributed by atoms with E-state index in [1.165, 1.54) is 6.33 Å². The van der Waals surface area contributed by atoms with Gasteiger partial charge in [0.25, 0.3) is 0 Å². The van der Waals surface area contributed by atoms with Crippen LogP contribution in [0.25, 0.3) is 22.0 Å². The highest BCUT2D eigenvalue weighted by Crippen LogP contribution is 2.26. The molecule has 0 radical (unpaired) electrons. The molecule has 3 aromatic rings. The van der Waals surface area contributed by atoms with Crippen molar-refractivity contribution in [3.05, 3.63) is 48.0 Å². The van der Waals surface area contributed by atoms with E-state index in [0.29, 0.717) is 11.0 Å². The van der Waals surface area contributed by atoms with Crippen molar-refractivity contribution in [1.29, 1.82) is 0 Å². The molecule has 0 spiro atoms. The molecule has 0 aliphatic rings. The number of halogens is 1. The van der Waals surface area contributed by atoms with E-state index in [1.807, 2.05) is 30.3 Å². The maximum atomic E-state index is 6.08. The number of hydrogen-bond donors (Lipinski definition) is 0. The Morgan fingerprint density at radius 2 is 1.84 bits per heavy atom. The molecule has 0 saturated carbocycles. The van der Waals surface area contributed by atoms with Crippen LogP contribution < -0.4 is 4.74 Å². The van der Waals surface area contributed by atoms with Crippen molar-refractivity contribution in [3.63, 3.8) is 0 Å². The number of ether oxygens (including phenoxy) is 1. The van der Waals surface area contributed by atoms with Crippen LogP contribution in [0.4, 0.5) is 0 Å². The number of aromatic nitrogens is 3. The molecule has 3 rings (SSSR count). The lowest BCUT2D eigenvalue weighted by molar-refractivity contribution is 0.398. The molecular weight excluding hydrogens is 262 g/mol. The smallest absolute Gasteiger partial charge is 0.212 e. The van der Waals surface area contributed by atoms with E-state index in [2.05, 4.69) is 15.0 Å². The van der Waals surface area contributed by atoms with E-state index in [0.717, 1.165) is 22.0 Å². The quantitative estimate of drug-likeness (QED) is 0.671. The number of hydrogen-bond acceptors (Lipinski definition) is 4. The largest absolute Gasteiger partial charge is 0.481 e. The van der Waals surface area contributed by atoms with Crippen LogP contribution >= 0.6 is 11.6 Å². The normalized spacial score (nSPS) is 10.6. The van der Waals surface area contributed by atoms with Crippen LogP contribution in [-0.4, -0.2) is 22.1 Å². The molecule has 2 heterocycles. The Bertz CT molecular complexity index is 728. The molecule has 0 bridgehead atoms. The maximum absolute atomic E-state index is 6.08. The molecule has 0 amide bonds. The molecule has 0 saturated heterocycles. The lowest BCUT2D eigenvalue weighted by Crippen LogP contribution is -1.88. The van der Waals surface area contributed by atoms with E-state index in [-0.39, 0.29) is 0 Å². The first-order valence-electron chi connectivity index (χ1n) is 5.68. The fourth-order valence-electron chi connectivity index (χ4n) is 1.88. The Balaban J connectivity index is 2.11. The summed E-state index contributed by atoms with van der Waals surface area (Å²) >= 11 is 6.08. The van der Waals surface area contributed by atoms with Crippen molar-refractivity contribution in [3.8, 4) is 17.0 Å². The lowest BCUT2D eigenvalue weighted by atomic mass is 10.1. The van der Waals surface area contributed by atoms with E-state index in [9.17, 15) is 0 Å². The van der Waals surface area contributed by atoms with Gasteiger partial charge in [-0.1, -0.05) is 17.7 Å². The van der Waals surface area contributed by atoms with E-state index in [4.69, 9.17) is 16.3 Å². The van der Waals surface area contributed by atoms with Crippen LogP contribution in [0.15, 0.2) is 42.9 Å². The highest BCUT2D eigenvalue weighted by Gasteiger charge is 2.05. The summed E-state index contributed by atoms with van der Waals surface area (Å²) in [4.78, 5) is 12.4. The van der Waals surface area contributed by atoms with Gasteiger partial charge in [0.2, 0.25) is 5.88 Å². The zero-order valence-corrected chi connectivity index (χ0v) is 10.9. The van der Waals surface area contributed by atoms with Crippen molar-refractivity contribution in [2.45, 2.75) is 0 Å². The fraction of sp³-hybridized carbons (Fsp3) is 0.0714. The second-order valence-electron chi connectivity index (χ2n) is 3.99. The molecule has 4 nitrogen and oxygen atoms in total. The number of benzene rings is 1. The van der Waals surface area contributed by atoms with E-state index in [1.54, 1.807) is 13.3 Å². The summed E-state index contributed by atoms with van der Waals surface area (Å²) in [5.41, 5.74) is 2.83. The topological polar surface area (TPSA) is 47.9 Å². The minimum absolute atomic E-state index is 0.452. The first kappa shape index (κ1) is 11.9. The Kier molecular flexibility index (Phi) is 3.01. The predicted molar refractivity (Wildman–Crippen MR) is 74.3 cm³/mol. The molecular formula is C14H10ClN3O. The summed E-state index contributed by atoms with van der Waals surface area (Å²) < 4.78 is 5.04. The third-order valence-corrected chi connectivity index (χ3v) is 3.17. The van der Waals surface area contributed by atoms with Crippen molar-refractivity contribution >= 4 is 22.5 Å². The van der Waals surface area contributed by atoms with Crippen molar-refractivity contribution in [1.82, 2.24) is 15.0 Å². The molecule has 0 aliphatic carbocycles. The molecule has 1 aromatic carbocycles. The van der Waals surface area contributed by atoms with Gasteiger partial charge in [0.05, 0.1) is 12.6 Å². The third kappa shape index (κ3) is 2.22. The second-order valence-corrected chi connectivity index (χ2v) is 4.34. The molecule has 0 N–H and O–H groups in total. The molecule has 0 fully saturated rings. The van der Waals surface area contributed by atoms with Crippen LogP contribution in [0.3, 0.4) is 0 Å². The standard InChI is InChI=1S/C14H10ClN3O/c1-19-13-5-3-10(7-16-13)9-2-4-12-11(6-9)14(15)18-8-17-12/h2-8H,1H3. The van der Waals surface area contributed by atoms with Crippen molar-refractivity contribution in [2.24, 2.45) is 0 Å². The van der Waals surface area contributed by atoms with Gasteiger partial charge in [-0.05, 0) is 23.8 Å². The fourth-order valence-corrected chi connectivity index (χ4v) is 2.07. The van der Waals surface area contributed by atoms with Gasteiger partial charge in [0.15, 0.2) is 0 Å². The molecule has 19 heavy (non-hydrogen) atoms. The molecule has 94 valence electrons. The van der Waals surface area contributed by atoms with E-state index < -0.39 is 0 Å². The van der Waals surface area contributed by atoms with Gasteiger partial charge in [-0.15, -0.1) is 0 Å². The summed E-state index contributed by atoms with van der Waals surface area (Å²) in [5.74, 6) is 0.589. The minimum atomic E-state index is 0.452. The van der Waals surface area contributed by atoms with Gasteiger partial charge < -0.3 is 4.74 Å². The highest BCUT2D eigenvalue weighted by atomic mass is 35.5. The average molecular weight is 272 g/mol. The van der Waals surface area contributed by atoms with Gasteiger partial charge in [-0.2, -0.15) is 0 Å². The zero-order valence-electron chi connectivity index (χ0n) is 10.2. The first-order chi connectivity index (χ1) is 9.28. The number of rotatable bonds is 2. The maximum Gasteiger partial charge on any atom is 0.212 e. The average Bonchev–Trinajstić information content (AvgIpc) is 2.47. The SMILES string of the molecule is COc1ccc(-c2ccc3ncnc(Cl)c3c2)cn1. The van der Waals surface area contributed by atoms with Crippen LogP contribution in [-0.2, 0) is 0 Å². The van der Waals surface area contributed by atoms with Crippen LogP contribution in [0.5, 0.6) is 5.88 Å². The Morgan fingerprint density at radius 3 is 2.58 bits per heavy atom. The lowest BCUT2D eigenvalue weighted by Gasteiger charge is -2.05. The van der Waals surface area contributed by atoms with Gasteiger partial charge in [0, 0.05) is 23.2 Å². The summed E-state index contributed by atoms with van der Waals surface area (Å²) in [6.07, 6.45) is 3.22. The molecule has 5 heteroatoms. The zero-order chi connectivity index (χ0) is 13.2. The van der Waals surface area contributed by atoms with Gasteiger partial charge in [-0.3, -0.25) is 0 Å². The van der Waals surface area contributed by atoms with Crippen molar-refractivity contribution in [2.75, 3.05) is 7.11 Å². The first-order valence-corrected chi connectivity index (χ1v) is 6.06. The van der Waals surface area contributed by atoms with Gasteiger partial charge >= 0.3 is 0 Å². The van der Waals surface area contributed by atoms with Crippen molar-refractivity contribution < 1.29 is 4.74 Å². The Labute approximate surface area is 115 Å². The number of fused-ring (bicyclic) bond motifs is 1. The molecule has 0 unspecified atom stereocenters. The Morgan fingerprint density at radius 1 is 1.00 bits per heavy atom.